The van der Waals surface area contributed by atoms with Gasteiger partial charge < -0.3 is 15.4 Å². The molecule has 2 unspecified atom stereocenters. The summed E-state index contributed by atoms with van der Waals surface area (Å²) in [5, 5.41) is 7.84. The number of nitrogens with zero attached hydrogens (tertiary/aromatic N) is 1. The number of benzene rings is 3. The van der Waals surface area contributed by atoms with Gasteiger partial charge in [0.1, 0.15) is 6.04 Å². The van der Waals surface area contributed by atoms with Crippen LogP contribution in [0.15, 0.2) is 83.3 Å². The number of hydrogen-bond acceptors (Lipinski definition) is 5. The Labute approximate surface area is 269 Å². The smallest absolute Gasteiger partial charge is 0.407 e. The number of ether oxygens (including phenoxy) is 1. The van der Waals surface area contributed by atoms with E-state index in [0.717, 1.165) is 28.4 Å². The molecule has 9 heteroatoms. The van der Waals surface area contributed by atoms with Gasteiger partial charge in [-0.25, -0.2) is 9.80 Å². The Kier molecular flexibility index (Phi) is 11.6. The zero-order valence-corrected chi connectivity index (χ0v) is 27.5. The fourth-order valence-corrected chi connectivity index (χ4v) is 5.85. The summed E-state index contributed by atoms with van der Waals surface area (Å²) in [7, 11) is 1.27. The molecule has 0 saturated carbocycles. The van der Waals surface area contributed by atoms with Crippen molar-refractivity contribution in [2.45, 2.75) is 65.1 Å². The van der Waals surface area contributed by atoms with Crippen LogP contribution in [-0.2, 0) is 33.7 Å². The van der Waals surface area contributed by atoms with Gasteiger partial charge >= 0.3 is 6.09 Å². The van der Waals surface area contributed by atoms with Crippen LogP contribution in [0, 0.1) is 11.3 Å². The maximum Gasteiger partial charge on any atom is 0.407 e. The van der Waals surface area contributed by atoms with Crippen LogP contribution in [0.4, 0.5) is 4.79 Å². The van der Waals surface area contributed by atoms with E-state index >= 15 is 0 Å². The average molecular weight is 664 g/mol. The summed E-state index contributed by atoms with van der Waals surface area (Å²) in [6.07, 6.45) is 2.25. The molecule has 1 aliphatic rings. The fourth-order valence-electron chi connectivity index (χ4n) is 5.59. The van der Waals surface area contributed by atoms with Crippen LogP contribution in [-0.4, -0.2) is 42.6 Å². The second-order valence-corrected chi connectivity index (χ2v) is 13.3. The molecule has 0 radical (unpaired) electrons. The minimum Gasteiger partial charge on any atom is -0.453 e. The molecule has 3 atom stereocenters. The quantitative estimate of drug-likeness (QED) is 0.203. The van der Waals surface area contributed by atoms with Gasteiger partial charge in [-0.15, -0.1) is 0 Å². The second kappa shape index (κ2) is 15.3. The number of aryl methyl sites for hydroxylation is 1. The number of hydrogen-bond donors (Lipinski definition) is 3. The van der Waals surface area contributed by atoms with Crippen molar-refractivity contribution in [3.05, 3.63) is 106 Å². The molecule has 234 valence electrons. The zero-order chi connectivity index (χ0) is 31.7. The Morgan fingerprint density at radius 3 is 2.30 bits per heavy atom. The van der Waals surface area contributed by atoms with Crippen LogP contribution in [0.5, 0.6) is 0 Å². The number of hydrazine groups is 1. The first-order valence-electron chi connectivity index (χ1n) is 15.1. The van der Waals surface area contributed by atoms with Crippen molar-refractivity contribution in [1.82, 2.24) is 21.1 Å². The summed E-state index contributed by atoms with van der Waals surface area (Å²) in [5.41, 5.74) is 7.02. The largest absolute Gasteiger partial charge is 0.453 e. The first-order valence-corrected chi connectivity index (χ1v) is 15.9. The molecule has 0 bridgehead atoms. The van der Waals surface area contributed by atoms with E-state index in [1.807, 2.05) is 92.5 Å². The van der Waals surface area contributed by atoms with Crippen molar-refractivity contribution in [2.24, 2.45) is 11.3 Å². The molecule has 0 spiro atoms. The third-order valence-electron chi connectivity index (χ3n) is 8.02. The van der Waals surface area contributed by atoms with Gasteiger partial charge in [-0.1, -0.05) is 103 Å². The number of fused-ring (bicyclic) bond motifs is 1. The maximum atomic E-state index is 13.9. The van der Waals surface area contributed by atoms with Crippen molar-refractivity contribution in [3.8, 4) is 0 Å². The molecular weight excluding hydrogens is 620 g/mol. The fraction of sp³-hybridized carbons (Fsp3) is 0.400. The average Bonchev–Trinajstić information content (AvgIpc) is 3.41. The second-order valence-electron chi connectivity index (χ2n) is 12.4. The lowest BCUT2D eigenvalue weighted by atomic mass is 9.86. The predicted molar refractivity (Wildman–Crippen MR) is 175 cm³/mol. The number of methoxy groups -OCH3 is 1. The zero-order valence-electron chi connectivity index (χ0n) is 25.9. The van der Waals surface area contributed by atoms with E-state index < -0.39 is 17.6 Å². The van der Waals surface area contributed by atoms with E-state index in [2.05, 4.69) is 44.1 Å². The van der Waals surface area contributed by atoms with Crippen LogP contribution in [0.3, 0.4) is 0 Å². The van der Waals surface area contributed by atoms with Gasteiger partial charge in [0, 0.05) is 23.5 Å². The van der Waals surface area contributed by atoms with Crippen molar-refractivity contribution in [1.29, 1.82) is 0 Å². The van der Waals surface area contributed by atoms with Crippen LogP contribution >= 0.6 is 15.9 Å². The van der Waals surface area contributed by atoms with Crippen molar-refractivity contribution < 1.29 is 19.1 Å². The number of alkyl carbamates (subject to hydrolysis) is 1. The van der Waals surface area contributed by atoms with Gasteiger partial charge in [-0.2, -0.15) is 0 Å². The molecule has 44 heavy (non-hydrogen) atoms. The summed E-state index contributed by atoms with van der Waals surface area (Å²) in [6, 6.07) is 25.4. The summed E-state index contributed by atoms with van der Waals surface area (Å²) in [4.78, 5) is 39.5. The Balaban J connectivity index is 1.54. The molecule has 0 fully saturated rings. The highest BCUT2D eigenvalue weighted by molar-refractivity contribution is 9.10. The van der Waals surface area contributed by atoms with E-state index in [1.165, 1.54) is 18.2 Å². The lowest BCUT2D eigenvalue weighted by Crippen LogP contribution is -2.57. The summed E-state index contributed by atoms with van der Waals surface area (Å²) < 4.78 is 5.74. The molecule has 1 aliphatic carbocycles. The standard InChI is InChI=1S/C35H43BrN4O4/c1-35(2,3)31(38-34(43)44-4)33(42)39-40(23-25-14-17-28(36)18-15-25)21-20-27(22-24-10-6-5-7-11-24)32(41)37-30-19-16-26-12-8-9-13-29(26)30/h5-15,17-18,27,30-31H,16,19-23H2,1-4H3,(H,37,41)(H,38,43)(H,39,42)/t27?,30-,31?/m1/s1. The number of carbonyl (C=O) groups excluding carboxylic acids is 3. The Morgan fingerprint density at radius 2 is 1.61 bits per heavy atom. The monoisotopic (exact) mass is 662 g/mol. The Morgan fingerprint density at radius 1 is 0.932 bits per heavy atom. The Hall–Kier alpha value is -3.69. The maximum absolute atomic E-state index is 13.9. The molecule has 0 aliphatic heterocycles. The normalized spacial score (nSPS) is 15.6. The summed E-state index contributed by atoms with van der Waals surface area (Å²) >= 11 is 3.49. The van der Waals surface area contributed by atoms with Gasteiger partial charge in [0.05, 0.1) is 13.2 Å². The molecule has 0 aromatic heterocycles. The van der Waals surface area contributed by atoms with Crippen molar-refractivity contribution in [3.63, 3.8) is 0 Å². The molecule has 3 amide bonds. The van der Waals surface area contributed by atoms with E-state index in [4.69, 9.17) is 4.74 Å². The van der Waals surface area contributed by atoms with Gasteiger partial charge in [0.2, 0.25) is 5.91 Å². The number of nitrogens with one attached hydrogen (secondary N) is 3. The molecule has 4 rings (SSSR count). The predicted octanol–water partition coefficient (Wildman–Crippen LogP) is 6.11. The minimum absolute atomic E-state index is 0.00500. The third-order valence-corrected chi connectivity index (χ3v) is 8.55. The SMILES string of the molecule is COC(=O)NC(C(=O)NN(CCC(Cc1ccccc1)C(=O)N[C@@H]1CCc2ccccc21)Cc1ccc(Br)cc1)C(C)(C)C. The lowest BCUT2D eigenvalue weighted by molar-refractivity contribution is -0.131. The minimum atomic E-state index is -0.840. The van der Waals surface area contributed by atoms with Gasteiger partial charge in [-0.3, -0.25) is 15.0 Å². The third kappa shape index (κ3) is 9.40. The number of rotatable bonds is 12. The highest BCUT2D eigenvalue weighted by Crippen LogP contribution is 2.31. The lowest BCUT2D eigenvalue weighted by Gasteiger charge is -2.33. The first kappa shape index (κ1) is 33.2. The molecule has 3 aromatic rings. The van der Waals surface area contributed by atoms with E-state index in [0.29, 0.717) is 25.9 Å². The Bertz CT molecular complexity index is 1410. The van der Waals surface area contributed by atoms with Gasteiger partial charge in [-0.05, 0) is 65.5 Å². The van der Waals surface area contributed by atoms with Crippen LogP contribution < -0.4 is 16.1 Å². The van der Waals surface area contributed by atoms with E-state index in [9.17, 15) is 14.4 Å². The highest BCUT2D eigenvalue weighted by atomic mass is 79.9. The van der Waals surface area contributed by atoms with E-state index in [1.54, 1.807) is 0 Å². The molecular formula is C35H43BrN4O4. The number of amides is 3. The summed E-state index contributed by atoms with van der Waals surface area (Å²) in [6.45, 7) is 6.49. The first-order chi connectivity index (χ1) is 21.0. The summed E-state index contributed by atoms with van der Waals surface area (Å²) in [5.74, 6) is -0.668. The van der Waals surface area contributed by atoms with Crippen molar-refractivity contribution in [2.75, 3.05) is 13.7 Å². The molecule has 3 aromatic carbocycles. The van der Waals surface area contributed by atoms with Gasteiger partial charge in [0.15, 0.2) is 0 Å². The molecule has 3 N–H and O–H groups in total. The van der Waals surface area contributed by atoms with E-state index in [-0.39, 0.29) is 23.8 Å². The number of halogens is 1. The van der Waals surface area contributed by atoms with Crippen LogP contribution in [0.25, 0.3) is 0 Å². The molecule has 0 heterocycles. The van der Waals surface area contributed by atoms with Gasteiger partial charge in [0.25, 0.3) is 5.91 Å². The number of carbonyl (C=O) groups is 3. The highest BCUT2D eigenvalue weighted by Gasteiger charge is 2.34. The van der Waals surface area contributed by atoms with Crippen molar-refractivity contribution >= 4 is 33.8 Å². The molecule has 8 nitrogen and oxygen atoms in total. The molecule has 0 saturated heterocycles. The van der Waals surface area contributed by atoms with Crippen LogP contribution in [0.1, 0.15) is 61.9 Å². The topological polar surface area (TPSA) is 99.8 Å². The van der Waals surface area contributed by atoms with Crippen LogP contribution in [0.2, 0.25) is 0 Å².